The Morgan fingerprint density at radius 2 is 1.57 bits per heavy atom. The van der Waals surface area contributed by atoms with E-state index < -0.39 is 0 Å². The molecule has 23 heavy (non-hydrogen) atoms. The third-order valence-electron chi connectivity index (χ3n) is 4.12. The zero-order chi connectivity index (χ0) is 15.9. The highest BCUT2D eigenvalue weighted by atomic mass is 16.5. The summed E-state index contributed by atoms with van der Waals surface area (Å²) in [6, 6.07) is 19.8. The van der Waals surface area contributed by atoms with Gasteiger partial charge in [0.2, 0.25) is 0 Å². The molecule has 0 amide bonds. The summed E-state index contributed by atoms with van der Waals surface area (Å²) in [5.41, 5.74) is 1.00. The van der Waals surface area contributed by atoms with Crippen molar-refractivity contribution in [3.05, 3.63) is 66.2 Å². The van der Waals surface area contributed by atoms with Crippen LogP contribution in [-0.4, -0.2) is 30.6 Å². The van der Waals surface area contributed by atoms with E-state index in [1.165, 1.54) is 0 Å². The van der Waals surface area contributed by atoms with Gasteiger partial charge in [0, 0.05) is 18.7 Å². The van der Waals surface area contributed by atoms with Gasteiger partial charge < -0.3 is 9.47 Å². The maximum Gasteiger partial charge on any atom is 0.294 e. The summed E-state index contributed by atoms with van der Waals surface area (Å²) >= 11 is 0. The number of para-hydroxylation sites is 1. The van der Waals surface area contributed by atoms with Crippen LogP contribution in [0.25, 0.3) is 0 Å². The highest BCUT2D eigenvalue weighted by Gasteiger charge is 2.27. The zero-order valence-electron chi connectivity index (χ0n) is 13.0. The lowest BCUT2D eigenvalue weighted by atomic mass is 10.1. The molecule has 1 saturated heterocycles. The second-order valence-corrected chi connectivity index (χ2v) is 5.66. The van der Waals surface area contributed by atoms with E-state index in [0.29, 0.717) is 6.47 Å². The van der Waals surface area contributed by atoms with Gasteiger partial charge in [-0.2, -0.15) is 0 Å². The van der Waals surface area contributed by atoms with Crippen molar-refractivity contribution >= 4 is 6.47 Å². The minimum Gasteiger partial charge on any atom is -0.490 e. The van der Waals surface area contributed by atoms with Crippen molar-refractivity contribution in [2.75, 3.05) is 13.1 Å². The first-order chi connectivity index (χ1) is 11.4. The number of likely N-dealkylation sites (tertiary alicyclic amines) is 1. The molecule has 1 atom stereocenters. The third kappa shape index (κ3) is 4.11. The fourth-order valence-corrected chi connectivity index (χ4v) is 2.97. The van der Waals surface area contributed by atoms with Crippen LogP contribution in [0.3, 0.4) is 0 Å². The number of rotatable bonds is 6. The molecule has 2 aromatic carbocycles. The lowest BCUT2D eigenvalue weighted by Crippen LogP contribution is -2.41. The van der Waals surface area contributed by atoms with Gasteiger partial charge in [-0.1, -0.05) is 48.5 Å². The molecule has 1 fully saturated rings. The highest BCUT2D eigenvalue weighted by molar-refractivity contribution is 5.38. The van der Waals surface area contributed by atoms with Crippen molar-refractivity contribution in [3.63, 3.8) is 0 Å². The number of nitrogens with zero attached hydrogens (tertiary/aromatic N) is 1. The number of hydrogen-bond acceptors (Lipinski definition) is 4. The zero-order valence-corrected chi connectivity index (χ0v) is 13.0. The predicted molar refractivity (Wildman–Crippen MR) is 88.0 cm³/mol. The Balaban J connectivity index is 1.59. The van der Waals surface area contributed by atoms with Gasteiger partial charge >= 0.3 is 0 Å². The quantitative estimate of drug-likeness (QED) is 0.767. The molecule has 2 aromatic rings. The van der Waals surface area contributed by atoms with Crippen molar-refractivity contribution in [2.24, 2.45) is 0 Å². The first-order valence-corrected chi connectivity index (χ1v) is 7.96. The van der Waals surface area contributed by atoms with Gasteiger partial charge in [0.1, 0.15) is 11.9 Å². The molecular weight excluding hydrogens is 290 g/mol. The summed E-state index contributed by atoms with van der Waals surface area (Å²) in [5, 5.41) is 0. The third-order valence-corrected chi connectivity index (χ3v) is 4.12. The molecule has 0 radical (unpaired) electrons. The Kier molecular flexibility index (Phi) is 5.27. The molecule has 4 heteroatoms. The van der Waals surface area contributed by atoms with E-state index in [1.807, 2.05) is 60.7 Å². The van der Waals surface area contributed by atoms with E-state index >= 15 is 0 Å². The number of carbonyl (C=O) groups excluding carboxylic acids is 1. The SMILES string of the molecule is O=COC(c1ccccc1)N1CCC(Oc2ccccc2)CC1. The Labute approximate surface area is 136 Å². The normalized spacial score (nSPS) is 17.4. The maximum absolute atomic E-state index is 10.9. The van der Waals surface area contributed by atoms with Gasteiger partial charge in [0.25, 0.3) is 6.47 Å². The second kappa shape index (κ2) is 7.79. The first-order valence-electron chi connectivity index (χ1n) is 7.96. The van der Waals surface area contributed by atoms with E-state index in [9.17, 15) is 4.79 Å². The van der Waals surface area contributed by atoms with Crippen molar-refractivity contribution in [1.29, 1.82) is 0 Å². The Hall–Kier alpha value is -2.33. The number of carbonyl (C=O) groups is 1. The summed E-state index contributed by atoms with van der Waals surface area (Å²) < 4.78 is 11.3. The second-order valence-electron chi connectivity index (χ2n) is 5.66. The topological polar surface area (TPSA) is 38.8 Å². The maximum atomic E-state index is 10.9. The van der Waals surface area contributed by atoms with Gasteiger partial charge in [0.05, 0.1) is 0 Å². The Bertz CT molecular complexity index is 595. The molecule has 1 aliphatic heterocycles. The van der Waals surface area contributed by atoms with Crippen LogP contribution in [-0.2, 0) is 9.53 Å². The average molecular weight is 311 g/mol. The number of ether oxygens (including phenoxy) is 2. The smallest absolute Gasteiger partial charge is 0.294 e. The molecule has 0 aliphatic carbocycles. The standard InChI is InChI=1S/C19H21NO3/c21-15-22-19(16-7-3-1-4-8-16)20-13-11-18(12-14-20)23-17-9-5-2-6-10-17/h1-10,15,18-19H,11-14H2. The molecule has 0 N–H and O–H groups in total. The summed E-state index contributed by atoms with van der Waals surface area (Å²) in [4.78, 5) is 13.1. The molecule has 1 heterocycles. The molecule has 1 unspecified atom stereocenters. The average Bonchev–Trinajstić information content (AvgIpc) is 2.62. The van der Waals surface area contributed by atoms with Crippen LogP contribution in [0.5, 0.6) is 5.75 Å². The van der Waals surface area contributed by atoms with Crippen LogP contribution >= 0.6 is 0 Å². The summed E-state index contributed by atoms with van der Waals surface area (Å²) in [6.07, 6.45) is 1.73. The molecule has 120 valence electrons. The molecule has 4 nitrogen and oxygen atoms in total. The summed E-state index contributed by atoms with van der Waals surface area (Å²) in [5.74, 6) is 0.912. The summed E-state index contributed by atoms with van der Waals surface area (Å²) in [6.45, 7) is 2.21. The lowest BCUT2D eigenvalue weighted by Gasteiger charge is -2.36. The van der Waals surface area contributed by atoms with Crippen molar-refractivity contribution in [3.8, 4) is 5.75 Å². The van der Waals surface area contributed by atoms with Crippen LogP contribution in [0.1, 0.15) is 24.6 Å². The van der Waals surface area contributed by atoms with Crippen molar-refractivity contribution < 1.29 is 14.3 Å². The van der Waals surface area contributed by atoms with E-state index in [-0.39, 0.29) is 12.3 Å². The Morgan fingerprint density at radius 3 is 2.17 bits per heavy atom. The molecule has 3 rings (SSSR count). The highest BCUT2D eigenvalue weighted by Crippen LogP contribution is 2.27. The molecular formula is C19H21NO3. The fourth-order valence-electron chi connectivity index (χ4n) is 2.97. The van der Waals surface area contributed by atoms with Gasteiger partial charge in [-0.05, 0) is 25.0 Å². The van der Waals surface area contributed by atoms with E-state index in [2.05, 4.69) is 4.90 Å². The molecule has 0 saturated carbocycles. The largest absolute Gasteiger partial charge is 0.490 e. The fraction of sp³-hybridized carbons (Fsp3) is 0.316. The van der Waals surface area contributed by atoms with Crippen LogP contribution < -0.4 is 4.74 Å². The number of benzene rings is 2. The first kappa shape index (κ1) is 15.6. The van der Waals surface area contributed by atoms with Gasteiger partial charge in [0.15, 0.2) is 6.23 Å². The molecule has 0 aromatic heterocycles. The predicted octanol–water partition coefficient (Wildman–Crippen LogP) is 3.40. The molecule has 0 spiro atoms. The number of piperidine rings is 1. The van der Waals surface area contributed by atoms with Crippen molar-refractivity contribution in [2.45, 2.75) is 25.2 Å². The van der Waals surface area contributed by atoms with Crippen LogP contribution in [0, 0.1) is 0 Å². The van der Waals surface area contributed by atoms with Crippen LogP contribution in [0.15, 0.2) is 60.7 Å². The van der Waals surface area contributed by atoms with E-state index in [0.717, 1.165) is 37.2 Å². The minimum atomic E-state index is -0.314. The lowest BCUT2D eigenvalue weighted by molar-refractivity contribution is -0.146. The Morgan fingerprint density at radius 1 is 0.957 bits per heavy atom. The van der Waals surface area contributed by atoms with Crippen LogP contribution in [0.4, 0.5) is 0 Å². The van der Waals surface area contributed by atoms with E-state index in [1.54, 1.807) is 0 Å². The monoisotopic (exact) mass is 311 g/mol. The van der Waals surface area contributed by atoms with Gasteiger partial charge in [-0.25, -0.2) is 0 Å². The molecule has 1 aliphatic rings. The van der Waals surface area contributed by atoms with Gasteiger partial charge in [-0.15, -0.1) is 0 Å². The molecule has 0 bridgehead atoms. The van der Waals surface area contributed by atoms with Crippen molar-refractivity contribution in [1.82, 2.24) is 4.90 Å². The van der Waals surface area contributed by atoms with E-state index in [4.69, 9.17) is 9.47 Å². The number of hydrogen-bond donors (Lipinski definition) is 0. The van der Waals surface area contributed by atoms with Crippen LogP contribution in [0.2, 0.25) is 0 Å². The van der Waals surface area contributed by atoms with Gasteiger partial charge in [-0.3, -0.25) is 9.69 Å². The minimum absolute atomic E-state index is 0.210. The summed E-state index contributed by atoms with van der Waals surface area (Å²) in [7, 11) is 0.